The van der Waals surface area contributed by atoms with Crippen LogP contribution in [0, 0.1) is 18.6 Å². The summed E-state index contributed by atoms with van der Waals surface area (Å²) in [6, 6.07) is 2.06. The van der Waals surface area contributed by atoms with Gasteiger partial charge in [0.2, 0.25) is 0 Å². The fourth-order valence-electron chi connectivity index (χ4n) is 1.65. The molecule has 2 aromatic rings. The molecule has 0 unspecified atom stereocenters. The predicted molar refractivity (Wildman–Crippen MR) is 74.0 cm³/mol. The average Bonchev–Trinajstić information content (AvgIpc) is 2.81. The average molecular weight is 317 g/mol. The molecule has 0 aliphatic carbocycles. The molecule has 20 heavy (non-hydrogen) atoms. The van der Waals surface area contributed by atoms with Gasteiger partial charge in [-0.15, -0.1) is 11.3 Å². The van der Waals surface area contributed by atoms with Crippen molar-refractivity contribution < 1.29 is 13.6 Å². The van der Waals surface area contributed by atoms with Crippen LogP contribution >= 0.6 is 22.9 Å². The van der Waals surface area contributed by atoms with Crippen molar-refractivity contribution in [2.45, 2.75) is 13.5 Å². The van der Waals surface area contributed by atoms with Gasteiger partial charge in [0, 0.05) is 18.1 Å². The Morgan fingerprint density at radius 3 is 2.75 bits per heavy atom. The Morgan fingerprint density at radius 1 is 1.45 bits per heavy atom. The highest BCUT2D eigenvalue weighted by molar-refractivity contribution is 7.09. The van der Waals surface area contributed by atoms with E-state index in [1.807, 2.05) is 12.3 Å². The molecule has 0 N–H and O–H groups in total. The van der Waals surface area contributed by atoms with E-state index in [0.717, 1.165) is 22.8 Å². The number of hydrogen-bond acceptors (Lipinski definition) is 3. The smallest absolute Gasteiger partial charge is 0.257 e. The van der Waals surface area contributed by atoms with Crippen LogP contribution in [-0.2, 0) is 6.54 Å². The predicted octanol–water partition coefficient (Wildman–Crippen LogP) is 3.66. The molecule has 0 radical (unpaired) electrons. The minimum Gasteiger partial charge on any atom is -0.335 e. The van der Waals surface area contributed by atoms with E-state index in [2.05, 4.69) is 4.98 Å². The molecule has 7 heteroatoms. The summed E-state index contributed by atoms with van der Waals surface area (Å²) in [5, 5.41) is 1.93. The molecule has 1 amide bonds. The van der Waals surface area contributed by atoms with Gasteiger partial charge < -0.3 is 4.90 Å². The molecule has 0 fully saturated rings. The highest BCUT2D eigenvalue weighted by atomic mass is 35.5. The molecule has 106 valence electrons. The lowest BCUT2D eigenvalue weighted by Gasteiger charge is -2.16. The van der Waals surface area contributed by atoms with Gasteiger partial charge in [-0.25, -0.2) is 13.8 Å². The minimum absolute atomic E-state index is 0.256. The van der Waals surface area contributed by atoms with Crippen LogP contribution in [0.3, 0.4) is 0 Å². The summed E-state index contributed by atoms with van der Waals surface area (Å²) in [6.45, 7) is 2.10. The van der Waals surface area contributed by atoms with Crippen molar-refractivity contribution in [1.82, 2.24) is 9.88 Å². The number of thiazole rings is 1. The fraction of sp³-hybridized carbons (Fsp3) is 0.231. The number of carbonyl (C=O) groups is 1. The number of benzene rings is 1. The van der Waals surface area contributed by atoms with E-state index in [4.69, 9.17) is 11.6 Å². The van der Waals surface area contributed by atoms with Crippen LogP contribution in [0.5, 0.6) is 0 Å². The number of nitrogens with zero attached hydrogens (tertiary/aromatic N) is 2. The van der Waals surface area contributed by atoms with E-state index in [1.54, 1.807) is 0 Å². The normalized spacial score (nSPS) is 10.7. The first-order chi connectivity index (χ1) is 9.40. The van der Waals surface area contributed by atoms with Crippen LogP contribution in [0.25, 0.3) is 0 Å². The largest absolute Gasteiger partial charge is 0.335 e. The van der Waals surface area contributed by atoms with E-state index in [9.17, 15) is 13.6 Å². The van der Waals surface area contributed by atoms with Crippen LogP contribution in [0.4, 0.5) is 8.78 Å². The van der Waals surface area contributed by atoms with Crippen molar-refractivity contribution in [3.8, 4) is 0 Å². The monoisotopic (exact) mass is 316 g/mol. The Balaban J connectivity index is 2.21. The van der Waals surface area contributed by atoms with E-state index in [-0.39, 0.29) is 12.1 Å². The molecule has 0 aliphatic heterocycles. The molecule has 0 atom stereocenters. The third-order valence-electron chi connectivity index (χ3n) is 2.65. The lowest BCUT2D eigenvalue weighted by atomic mass is 10.2. The molecule has 0 aliphatic rings. The number of carbonyl (C=O) groups excluding carboxylic acids is 1. The standard InChI is InChI=1S/C13H11ClF2N2OS/c1-7-6-20-10(17-7)5-18(2)13(19)8-3-4-9(15)11(14)12(8)16/h3-4,6H,5H2,1-2H3. The second-order valence-corrected chi connectivity index (χ2v) is 5.59. The maximum absolute atomic E-state index is 13.8. The third kappa shape index (κ3) is 2.96. The van der Waals surface area contributed by atoms with Gasteiger partial charge in [-0.1, -0.05) is 11.6 Å². The number of hydrogen-bond donors (Lipinski definition) is 0. The summed E-state index contributed by atoms with van der Waals surface area (Å²) < 4.78 is 26.9. The van der Waals surface area contributed by atoms with Gasteiger partial charge in [0.15, 0.2) is 5.82 Å². The molecule has 0 saturated heterocycles. The van der Waals surface area contributed by atoms with Crippen LogP contribution in [0.15, 0.2) is 17.5 Å². The van der Waals surface area contributed by atoms with Crippen LogP contribution in [0.1, 0.15) is 21.1 Å². The Kier molecular flexibility index (Phi) is 4.35. The summed E-state index contributed by atoms with van der Waals surface area (Å²) in [5.41, 5.74) is 0.606. The van der Waals surface area contributed by atoms with Gasteiger partial charge in [0.05, 0.1) is 12.1 Å². The summed E-state index contributed by atoms with van der Waals surface area (Å²) in [4.78, 5) is 17.7. The quantitative estimate of drug-likeness (QED) is 0.810. The van der Waals surface area contributed by atoms with Crippen molar-refractivity contribution >= 4 is 28.8 Å². The Hall–Kier alpha value is -1.53. The number of amides is 1. The van der Waals surface area contributed by atoms with Gasteiger partial charge in [-0.3, -0.25) is 4.79 Å². The van der Waals surface area contributed by atoms with E-state index in [0.29, 0.717) is 0 Å². The Labute approximate surface area is 123 Å². The highest BCUT2D eigenvalue weighted by Gasteiger charge is 2.21. The second kappa shape index (κ2) is 5.85. The van der Waals surface area contributed by atoms with Crippen molar-refractivity contribution in [2.75, 3.05) is 7.05 Å². The van der Waals surface area contributed by atoms with Crippen molar-refractivity contribution in [3.63, 3.8) is 0 Å². The minimum atomic E-state index is -1.04. The molecule has 1 aromatic heterocycles. The highest BCUT2D eigenvalue weighted by Crippen LogP contribution is 2.23. The first-order valence-corrected chi connectivity index (χ1v) is 6.96. The van der Waals surface area contributed by atoms with E-state index in [1.165, 1.54) is 23.3 Å². The maximum Gasteiger partial charge on any atom is 0.257 e. The Morgan fingerprint density at radius 2 is 2.15 bits per heavy atom. The lowest BCUT2D eigenvalue weighted by molar-refractivity contribution is 0.0780. The topological polar surface area (TPSA) is 33.2 Å². The zero-order chi connectivity index (χ0) is 14.9. The van der Waals surface area contributed by atoms with Crippen molar-refractivity contribution in [2.24, 2.45) is 0 Å². The van der Waals surface area contributed by atoms with Gasteiger partial charge in [0.25, 0.3) is 5.91 Å². The molecule has 1 heterocycles. The molecule has 3 nitrogen and oxygen atoms in total. The van der Waals surface area contributed by atoms with Gasteiger partial charge in [-0.2, -0.15) is 0 Å². The van der Waals surface area contributed by atoms with Crippen LogP contribution in [-0.4, -0.2) is 22.8 Å². The van der Waals surface area contributed by atoms with Crippen molar-refractivity contribution in [1.29, 1.82) is 0 Å². The first kappa shape index (κ1) is 14.9. The summed E-state index contributed by atoms with van der Waals surface area (Å²) >= 11 is 6.88. The lowest BCUT2D eigenvalue weighted by Crippen LogP contribution is -2.27. The van der Waals surface area contributed by atoms with Crippen molar-refractivity contribution in [3.05, 3.63) is 50.4 Å². The SMILES string of the molecule is Cc1csc(CN(C)C(=O)c2ccc(F)c(Cl)c2F)n1. The van der Waals surface area contributed by atoms with Gasteiger partial charge in [0.1, 0.15) is 15.8 Å². The molecular weight excluding hydrogens is 306 g/mol. The first-order valence-electron chi connectivity index (χ1n) is 5.70. The number of aromatic nitrogens is 1. The van der Waals surface area contributed by atoms with Crippen LogP contribution < -0.4 is 0 Å². The fourth-order valence-corrected chi connectivity index (χ4v) is 2.64. The molecular formula is C13H11ClF2N2OS. The molecule has 0 spiro atoms. The van der Waals surface area contributed by atoms with E-state index >= 15 is 0 Å². The maximum atomic E-state index is 13.8. The summed E-state index contributed by atoms with van der Waals surface area (Å²) in [5.74, 6) is -2.50. The van der Waals surface area contributed by atoms with Gasteiger partial charge >= 0.3 is 0 Å². The Bertz CT molecular complexity index is 660. The van der Waals surface area contributed by atoms with Gasteiger partial charge in [-0.05, 0) is 19.1 Å². The summed E-state index contributed by atoms with van der Waals surface area (Å²) in [7, 11) is 1.52. The zero-order valence-electron chi connectivity index (χ0n) is 10.8. The molecule has 0 bridgehead atoms. The number of rotatable bonds is 3. The summed E-state index contributed by atoms with van der Waals surface area (Å²) in [6.07, 6.45) is 0. The number of halogens is 3. The number of aryl methyl sites for hydroxylation is 1. The molecule has 1 aromatic carbocycles. The second-order valence-electron chi connectivity index (χ2n) is 4.27. The molecule has 0 saturated carbocycles. The van der Waals surface area contributed by atoms with E-state index < -0.39 is 22.6 Å². The van der Waals surface area contributed by atoms with Crippen LogP contribution in [0.2, 0.25) is 5.02 Å². The molecule has 2 rings (SSSR count). The zero-order valence-corrected chi connectivity index (χ0v) is 12.4. The third-order valence-corrected chi connectivity index (χ3v) is 3.95.